The fourth-order valence-corrected chi connectivity index (χ4v) is 1.28. The number of hydrogen-bond donors (Lipinski definition) is 1. The lowest BCUT2D eigenvalue weighted by Gasteiger charge is -2.06. The highest BCUT2D eigenvalue weighted by Crippen LogP contribution is 1.93. The second kappa shape index (κ2) is 6.56. The lowest BCUT2D eigenvalue weighted by molar-refractivity contribution is 0.194. The van der Waals surface area contributed by atoms with Crippen LogP contribution in [0.2, 0.25) is 0 Å². The summed E-state index contributed by atoms with van der Waals surface area (Å²) in [6.45, 7) is 5.80. The van der Waals surface area contributed by atoms with E-state index in [0.29, 0.717) is 0 Å². The lowest BCUT2D eigenvalue weighted by Crippen LogP contribution is -2.22. The summed E-state index contributed by atoms with van der Waals surface area (Å²) in [4.78, 5) is 0. The highest BCUT2D eigenvalue weighted by atomic mass is 16.5. The molecule has 0 radical (unpaired) electrons. The normalized spacial score (nSPS) is 10.7. The highest BCUT2D eigenvalue weighted by molar-refractivity contribution is 4.96. The summed E-state index contributed by atoms with van der Waals surface area (Å²) in [7, 11) is 1.73. The van der Waals surface area contributed by atoms with Crippen LogP contribution in [0.4, 0.5) is 0 Å². The summed E-state index contributed by atoms with van der Waals surface area (Å²) >= 11 is 0. The van der Waals surface area contributed by atoms with Crippen molar-refractivity contribution in [3.8, 4) is 0 Å². The van der Waals surface area contributed by atoms with Crippen molar-refractivity contribution < 1.29 is 4.74 Å². The molecule has 0 bridgehead atoms. The molecule has 0 spiro atoms. The molecular weight excluding hydrogens is 178 g/mol. The minimum Gasteiger partial charge on any atom is -0.385 e. The van der Waals surface area contributed by atoms with Gasteiger partial charge in [0.15, 0.2) is 0 Å². The van der Waals surface area contributed by atoms with Gasteiger partial charge in [-0.2, -0.15) is 5.10 Å². The van der Waals surface area contributed by atoms with E-state index in [2.05, 4.69) is 17.3 Å². The number of nitrogens with zero attached hydrogens (tertiary/aromatic N) is 2. The first-order chi connectivity index (χ1) is 6.84. The molecule has 0 aliphatic heterocycles. The summed E-state index contributed by atoms with van der Waals surface area (Å²) in [5.41, 5.74) is 1.21. The molecule has 1 aromatic heterocycles. The first-order valence-electron chi connectivity index (χ1n) is 5.02. The van der Waals surface area contributed by atoms with Crippen molar-refractivity contribution in [2.45, 2.75) is 19.9 Å². The van der Waals surface area contributed by atoms with Crippen LogP contribution in [0.25, 0.3) is 0 Å². The summed E-state index contributed by atoms with van der Waals surface area (Å²) < 4.78 is 6.96. The van der Waals surface area contributed by atoms with Crippen molar-refractivity contribution in [3.63, 3.8) is 0 Å². The fraction of sp³-hybridized carbons (Fsp3) is 0.700. The van der Waals surface area contributed by atoms with Gasteiger partial charge in [-0.1, -0.05) is 0 Å². The molecule has 0 fully saturated rings. The van der Waals surface area contributed by atoms with E-state index in [9.17, 15) is 0 Å². The SMILES string of the molecule is COCCCNCCn1nccc1C. The third-order valence-electron chi connectivity index (χ3n) is 2.13. The summed E-state index contributed by atoms with van der Waals surface area (Å²) in [6.07, 6.45) is 2.90. The van der Waals surface area contributed by atoms with Crippen LogP contribution in [0.15, 0.2) is 12.3 Å². The number of aromatic nitrogens is 2. The van der Waals surface area contributed by atoms with Gasteiger partial charge in [0.05, 0.1) is 6.54 Å². The van der Waals surface area contributed by atoms with Gasteiger partial charge in [0.25, 0.3) is 0 Å². The lowest BCUT2D eigenvalue weighted by atomic mass is 10.4. The minimum absolute atomic E-state index is 0.827. The standard InChI is InChI=1S/C10H19N3O/c1-10-4-6-12-13(10)8-7-11-5-3-9-14-2/h4,6,11H,3,5,7-9H2,1-2H3. The van der Waals surface area contributed by atoms with E-state index in [1.807, 2.05) is 16.9 Å². The van der Waals surface area contributed by atoms with Crippen LogP contribution in [-0.4, -0.2) is 36.6 Å². The van der Waals surface area contributed by atoms with Gasteiger partial charge in [0, 0.05) is 32.2 Å². The molecule has 0 aliphatic carbocycles. The van der Waals surface area contributed by atoms with E-state index in [1.54, 1.807) is 7.11 Å². The van der Waals surface area contributed by atoms with Crippen molar-refractivity contribution >= 4 is 0 Å². The largest absolute Gasteiger partial charge is 0.385 e. The zero-order valence-corrected chi connectivity index (χ0v) is 8.99. The molecule has 1 aromatic rings. The topological polar surface area (TPSA) is 39.1 Å². The third-order valence-corrected chi connectivity index (χ3v) is 2.13. The molecule has 0 aromatic carbocycles. The molecule has 0 atom stereocenters. The smallest absolute Gasteiger partial charge is 0.0537 e. The van der Waals surface area contributed by atoms with Gasteiger partial charge in [-0.15, -0.1) is 0 Å². The van der Waals surface area contributed by atoms with Crippen molar-refractivity contribution in [1.82, 2.24) is 15.1 Å². The first-order valence-corrected chi connectivity index (χ1v) is 5.02. The molecule has 4 heteroatoms. The predicted molar refractivity (Wildman–Crippen MR) is 56.3 cm³/mol. The minimum atomic E-state index is 0.827. The van der Waals surface area contributed by atoms with Gasteiger partial charge in [-0.3, -0.25) is 4.68 Å². The van der Waals surface area contributed by atoms with Crippen LogP contribution >= 0.6 is 0 Å². The zero-order chi connectivity index (χ0) is 10.2. The van der Waals surface area contributed by atoms with Crippen LogP contribution < -0.4 is 5.32 Å². The first kappa shape index (κ1) is 11.2. The summed E-state index contributed by atoms with van der Waals surface area (Å²) in [5, 5.41) is 7.55. The molecule has 0 saturated carbocycles. The van der Waals surface area contributed by atoms with Gasteiger partial charge in [-0.05, 0) is 26.0 Å². The Hall–Kier alpha value is -0.870. The van der Waals surface area contributed by atoms with Gasteiger partial charge >= 0.3 is 0 Å². The molecule has 1 heterocycles. The number of aryl methyl sites for hydroxylation is 1. The molecule has 80 valence electrons. The zero-order valence-electron chi connectivity index (χ0n) is 8.99. The molecular formula is C10H19N3O. The number of methoxy groups -OCH3 is 1. The Morgan fingerprint density at radius 3 is 3.00 bits per heavy atom. The van der Waals surface area contributed by atoms with Crippen LogP contribution in [-0.2, 0) is 11.3 Å². The maximum Gasteiger partial charge on any atom is 0.0537 e. The fourth-order valence-electron chi connectivity index (χ4n) is 1.28. The maximum atomic E-state index is 4.96. The van der Waals surface area contributed by atoms with Gasteiger partial charge < -0.3 is 10.1 Å². The Kier molecular flexibility index (Phi) is 5.25. The molecule has 0 unspecified atom stereocenters. The van der Waals surface area contributed by atoms with Gasteiger partial charge in [0.1, 0.15) is 0 Å². The number of ether oxygens (including phenoxy) is 1. The Morgan fingerprint density at radius 1 is 1.50 bits per heavy atom. The number of rotatable bonds is 7. The highest BCUT2D eigenvalue weighted by Gasteiger charge is 1.95. The van der Waals surface area contributed by atoms with Crippen molar-refractivity contribution in [2.75, 3.05) is 26.8 Å². The Morgan fingerprint density at radius 2 is 2.36 bits per heavy atom. The molecule has 0 saturated heterocycles. The van der Waals surface area contributed by atoms with Gasteiger partial charge in [0.2, 0.25) is 0 Å². The van der Waals surface area contributed by atoms with Gasteiger partial charge in [-0.25, -0.2) is 0 Å². The van der Waals surface area contributed by atoms with Crippen LogP contribution in [0.1, 0.15) is 12.1 Å². The van der Waals surface area contributed by atoms with Crippen LogP contribution in [0.5, 0.6) is 0 Å². The Bertz CT molecular complexity index is 247. The molecule has 0 aliphatic rings. The predicted octanol–water partition coefficient (Wildman–Crippen LogP) is 0.818. The van der Waals surface area contributed by atoms with Crippen molar-refractivity contribution in [1.29, 1.82) is 0 Å². The third kappa shape index (κ3) is 3.89. The quantitative estimate of drug-likeness (QED) is 0.658. The summed E-state index contributed by atoms with van der Waals surface area (Å²) in [6, 6.07) is 2.02. The number of hydrogen-bond acceptors (Lipinski definition) is 3. The average molecular weight is 197 g/mol. The Balaban J connectivity index is 2.02. The molecule has 4 nitrogen and oxygen atoms in total. The maximum absolute atomic E-state index is 4.96. The molecule has 1 rings (SSSR count). The number of nitrogens with one attached hydrogen (secondary N) is 1. The van der Waals surface area contributed by atoms with Crippen molar-refractivity contribution in [3.05, 3.63) is 18.0 Å². The summed E-state index contributed by atoms with van der Waals surface area (Å²) in [5.74, 6) is 0. The second-order valence-corrected chi connectivity index (χ2v) is 3.29. The van der Waals surface area contributed by atoms with Crippen LogP contribution in [0.3, 0.4) is 0 Å². The van der Waals surface area contributed by atoms with E-state index in [1.165, 1.54) is 5.69 Å². The second-order valence-electron chi connectivity index (χ2n) is 3.29. The van der Waals surface area contributed by atoms with E-state index in [4.69, 9.17) is 4.74 Å². The van der Waals surface area contributed by atoms with E-state index < -0.39 is 0 Å². The van der Waals surface area contributed by atoms with E-state index in [0.717, 1.165) is 32.7 Å². The Labute approximate surface area is 85.3 Å². The van der Waals surface area contributed by atoms with Crippen LogP contribution in [0, 0.1) is 6.92 Å². The molecule has 1 N–H and O–H groups in total. The molecule has 14 heavy (non-hydrogen) atoms. The average Bonchev–Trinajstić information content (AvgIpc) is 2.58. The molecule has 0 amide bonds. The van der Waals surface area contributed by atoms with E-state index in [-0.39, 0.29) is 0 Å². The monoisotopic (exact) mass is 197 g/mol. The van der Waals surface area contributed by atoms with E-state index >= 15 is 0 Å². The van der Waals surface area contributed by atoms with Crippen molar-refractivity contribution in [2.24, 2.45) is 0 Å².